The molecule has 1 aliphatic rings. The Hall–Kier alpha value is -2.49. The minimum atomic E-state index is -0.258. The molecule has 32 heavy (non-hydrogen) atoms. The maximum Gasteiger partial charge on any atom is 0.258 e. The smallest absolute Gasteiger partial charge is 0.258 e. The molecule has 0 saturated carbocycles. The topological polar surface area (TPSA) is 76.9 Å². The van der Waals surface area contributed by atoms with E-state index in [0.717, 1.165) is 30.5 Å². The molecule has 4 aromatic rings. The number of aryl methyl sites for hydroxylation is 1. The van der Waals surface area contributed by atoms with Crippen LogP contribution in [0, 0.1) is 0 Å². The van der Waals surface area contributed by atoms with E-state index in [0.29, 0.717) is 19.5 Å². The number of carbonyl (C=O) groups is 2. The summed E-state index contributed by atoms with van der Waals surface area (Å²) in [4.78, 5) is 25.7. The number of para-hydroxylation sites is 1. The van der Waals surface area contributed by atoms with Gasteiger partial charge >= 0.3 is 0 Å². The number of anilines is 1. The van der Waals surface area contributed by atoms with Gasteiger partial charge in [-0.15, -0.1) is 10.2 Å². The first-order chi connectivity index (χ1) is 15.6. The number of nitrogens with zero attached hydrogens (tertiary/aromatic N) is 3. The van der Waals surface area contributed by atoms with Gasteiger partial charge in [-0.1, -0.05) is 53.4 Å². The highest BCUT2D eigenvalue weighted by molar-refractivity contribution is 9.10. The van der Waals surface area contributed by atoms with Crippen LogP contribution in [-0.2, 0) is 12.8 Å². The Balaban J connectivity index is 1.29. The van der Waals surface area contributed by atoms with Gasteiger partial charge in [-0.2, -0.15) is 0 Å². The van der Waals surface area contributed by atoms with Crippen molar-refractivity contribution in [2.45, 2.75) is 30.0 Å². The van der Waals surface area contributed by atoms with Gasteiger partial charge in [-0.3, -0.25) is 19.5 Å². The molecule has 0 fully saturated rings. The highest BCUT2D eigenvalue weighted by atomic mass is 79.9. The number of fused-ring (bicyclic) bond motifs is 3. The van der Waals surface area contributed by atoms with E-state index >= 15 is 0 Å². The maximum absolute atomic E-state index is 13.2. The summed E-state index contributed by atoms with van der Waals surface area (Å²) in [6.07, 6.45) is 4.24. The SMILES string of the molecule is O=C(Nc1nnc(SCC(=O)n2c3c(c4ccccc42)CCCC3)s1)c1ccccc1Br. The van der Waals surface area contributed by atoms with Crippen LogP contribution in [0.2, 0.25) is 0 Å². The number of nitrogens with one attached hydrogen (secondary N) is 1. The monoisotopic (exact) mass is 526 g/mol. The average molecular weight is 527 g/mol. The van der Waals surface area contributed by atoms with Crippen molar-refractivity contribution in [2.24, 2.45) is 0 Å². The summed E-state index contributed by atoms with van der Waals surface area (Å²) in [7, 11) is 0. The Labute approximate surface area is 201 Å². The number of hydrogen-bond acceptors (Lipinski definition) is 6. The van der Waals surface area contributed by atoms with E-state index in [9.17, 15) is 9.59 Å². The van der Waals surface area contributed by atoms with Gasteiger partial charge in [-0.25, -0.2) is 0 Å². The fourth-order valence-electron chi connectivity index (χ4n) is 4.10. The zero-order chi connectivity index (χ0) is 22.1. The van der Waals surface area contributed by atoms with Gasteiger partial charge in [0.25, 0.3) is 5.91 Å². The first-order valence-electron chi connectivity index (χ1n) is 10.3. The van der Waals surface area contributed by atoms with Gasteiger partial charge in [0.2, 0.25) is 11.0 Å². The normalized spacial score (nSPS) is 13.2. The van der Waals surface area contributed by atoms with E-state index in [1.807, 2.05) is 34.9 Å². The van der Waals surface area contributed by atoms with Crippen LogP contribution in [0.3, 0.4) is 0 Å². The van der Waals surface area contributed by atoms with Crippen LogP contribution in [0.1, 0.15) is 39.3 Å². The predicted molar refractivity (Wildman–Crippen MR) is 132 cm³/mol. The fourth-order valence-corrected chi connectivity index (χ4v) is 6.16. The molecule has 9 heteroatoms. The van der Waals surface area contributed by atoms with Gasteiger partial charge in [0.05, 0.1) is 16.8 Å². The Bertz CT molecular complexity index is 1330. The summed E-state index contributed by atoms with van der Waals surface area (Å²) >= 11 is 5.99. The first kappa shape index (κ1) is 21.4. The summed E-state index contributed by atoms with van der Waals surface area (Å²) in [5.74, 6) is 0.0489. The number of halogens is 1. The van der Waals surface area contributed by atoms with Crippen molar-refractivity contribution in [1.29, 1.82) is 0 Å². The summed E-state index contributed by atoms with van der Waals surface area (Å²) in [6, 6.07) is 15.3. The minimum absolute atomic E-state index is 0.0448. The molecule has 0 unspecified atom stereocenters. The number of benzene rings is 2. The molecular formula is C23H19BrN4O2S2. The number of rotatable bonds is 5. The number of aromatic nitrogens is 3. The molecule has 6 nitrogen and oxygen atoms in total. The predicted octanol–water partition coefficient (Wildman–Crippen LogP) is 5.82. The fraction of sp³-hybridized carbons (Fsp3) is 0.217. The van der Waals surface area contributed by atoms with E-state index in [1.165, 1.54) is 40.5 Å². The minimum Gasteiger partial charge on any atom is -0.296 e. The Morgan fingerprint density at radius 1 is 1.06 bits per heavy atom. The van der Waals surface area contributed by atoms with Crippen molar-refractivity contribution in [3.8, 4) is 0 Å². The van der Waals surface area contributed by atoms with Gasteiger partial charge in [-0.05, 0) is 65.4 Å². The van der Waals surface area contributed by atoms with Crippen molar-refractivity contribution < 1.29 is 9.59 Å². The van der Waals surface area contributed by atoms with Crippen LogP contribution >= 0.6 is 39.0 Å². The van der Waals surface area contributed by atoms with Crippen LogP contribution in [0.5, 0.6) is 0 Å². The summed E-state index contributed by atoms with van der Waals surface area (Å²) in [5, 5.41) is 12.6. The highest BCUT2D eigenvalue weighted by Gasteiger charge is 2.23. The third kappa shape index (κ3) is 4.12. The van der Waals surface area contributed by atoms with E-state index in [1.54, 1.807) is 12.1 Å². The lowest BCUT2D eigenvalue weighted by molar-refractivity contribution is 0.0942. The molecule has 0 atom stereocenters. The molecule has 1 amide bonds. The zero-order valence-electron chi connectivity index (χ0n) is 17.0. The van der Waals surface area contributed by atoms with Gasteiger partial charge in [0.15, 0.2) is 4.34 Å². The molecule has 2 aromatic heterocycles. The molecule has 1 aliphatic carbocycles. The van der Waals surface area contributed by atoms with Crippen LogP contribution in [0.4, 0.5) is 5.13 Å². The van der Waals surface area contributed by atoms with E-state index < -0.39 is 0 Å². The molecule has 0 spiro atoms. The van der Waals surface area contributed by atoms with Crippen molar-refractivity contribution in [3.05, 3.63) is 69.8 Å². The second-order valence-electron chi connectivity index (χ2n) is 7.47. The Morgan fingerprint density at radius 3 is 2.72 bits per heavy atom. The number of amides is 1. The molecule has 162 valence electrons. The van der Waals surface area contributed by atoms with Crippen molar-refractivity contribution in [1.82, 2.24) is 14.8 Å². The molecule has 0 bridgehead atoms. The van der Waals surface area contributed by atoms with Crippen LogP contribution in [-0.4, -0.2) is 32.3 Å². The van der Waals surface area contributed by atoms with Gasteiger partial charge in [0.1, 0.15) is 0 Å². The van der Waals surface area contributed by atoms with Crippen molar-refractivity contribution in [2.75, 3.05) is 11.1 Å². The molecule has 0 saturated heterocycles. The second-order valence-corrected chi connectivity index (χ2v) is 10.5. The van der Waals surface area contributed by atoms with Crippen LogP contribution in [0.25, 0.3) is 10.9 Å². The first-order valence-corrected chi connectivity index (χ1v) is 12.9. The molecule has 0 aliphatic heterocycles. The number of carbonyl (C=O) groups excluding carboxylic acids is 2. The third-order valence-corrected chi connectivity index (χ3v) is 8.14. The quantitative estimate of drug-likeness (QED) is 0.262. The summed E-state index contributed by atoms with van der Waals surface area (Å²) in [6.45, 7) is 0. The van der Waals surface area contributed by atoms with Crippen molar-refractivity contribution in [3.63, 3.8) is 0 Å². The highest BCUT2D eigenvalue weighted by Crippen LogP contribution is 2.33. The van der Waals surface area contributed by atoms with E-state index in [4.69, 9.17) is 0 Å². The standard InChI is InChI=1S/C23H19BrN4O2S2/c24-17-10-4-1-9-16(17)21(30)25-22-26-27-23(32-22)31-13-20(29)28-18-11-5-2-7-14(18)15-8-3-6-12-19(15)28/h1-2,4-5,7,9-11H,3,6,8,12-13H2,(H,25,26,30). The Morgan fingerprint density at radius 2 is 1.84 bits per heavy atom. The molecule has 0 radical (unpaired) electrons. The number of thioether (sulfide) groups is 1. The van der Waals surface area contributed by atoms with Crippen LogP contribution < -0.4 is 5.32 Å². The molecule has 5 rings (SSSR count). The summed E-state index contributed by atoms with van der Waals surface area (Å²) < 4.78 is 3.25. The van der Waals surface area contributed by atoms with Gasteiger partial charge in [0, 0.05) is 15.6 Å². The lowest BCUT2D eigenvalue weighted by Gasteiger charge is -2.14. The second kappa shape index (κ2) is 9.17. The Kier molecular flexibility index (Phi) is 6.12. The largest absolute Gasteiger partial charge is 0.296 e. The van der Waals surface area contributed by atoms with Crippen molar-refractivity contribution >= 4 is 66.9 Å². The molecular weight excluding hydrogens is 508 g/mol. The summed E-state index contributed by atoms with van der Waals surface area (Å²) in [5.41, 5.74) is 3.99. The average Bonchev–Trinajstić information content (AvgIpc) is 3.40. The molecule has 1 N–H and O–H groups in total. The third-order valence-electron chi connectivity index (χ3n) is 5.49. The lowest BCUT2D eigenvalue weighted by Crippen LogP contribution is -2.18. The molecule has 2 aromatic carbocycles. The maximum atomic E-state index is 13.2. The number of hydrogen-bond donors (Lipinski definition) is 1. The molecule has 2 heterocycles. The van der Waals surface area contributed by atoms with Gasteiger partial charge < -0.3 is 0 Å². The lowest BCUT2D eigenvalue weighted by atomic mass is 9.96. The zero-order valence-corrected chi connectivity index (χ0v) is 20.2. The van der Waals surface area contributed by atoms with E-state index in [2.05, 4.69) is 37.5 Å². The van der Waals surface area contributed by atoms with Crippen LogP contribution in [0.15, 0.2) is 57.3 Å². The van der Waals surface area contributed by atoms with E-state index in [-0.39, 0.29) is 17.6 Å².